The highest BCUT2D eigenvalue weighted by molar-refractivity contribution is 5.96. The summed E-state index contributed by atoms with van der Waals surface area (Å²) in [5, 5.41) is 9.27. The number of aliphatic hydroxyl groups excluding tert-OH is 1. The van der Waals surface area contributed by atoms with Crippen LogP contribution in [-0.2, 0) is 6.61 Å². The highest BCUT2D eigenvalue weighted by Gasteiger charge is 2.32. The molecular weight excluding hydrogens is 350 g/mol. The lowest BCUT2D eigenvalue weighted by atomic mass is 9.78. The zero-order valence-corrected chi connectivity index (χ0v) is 15.9. The Morgan fingerprint density at radius 3 is 2.68 bits per heavy atom. The second-order valence-electron chi connectivity index (χ2n) is 8.26. The zero-order chi connectivity index (χ0) is 19.1. The first-order valence-electron chi connectivity index (χ1n) is 10.2. The van der Waals surface area contributed by atoms with E-state index in [1.807, 2.05) is 42.5 Å². The summed E-state index contributed by atoms with van der Waals surface area (Å²) >= 11 is 0. The fourth-order valence-electron chi connectivity index (χ4n) is 4.93. The first-order chi connectivity index (χ1) is 13.7. The van der Waals surface area contributed by atoms with Gasteiger partial charge in [-0.3, -0.25) is 4.79 Å². The summed E-state index contributed by atoms with van der Waals surface area (Å²) in [5.41, 5.74) is 4.54. The highest BCUT2D eigenvalue weighted by atomic mass is 16.3. The molecule has 0 spiro atoms. The molecule has 1 aromatic heterocycles. The van der Waals surface area contributed by atoms with Gasteiger partial charge in [0.15, 0.2) is 0 Å². The van der Waals surface area contributed by atoms with Crippen molar-refractivity contribution in [1.82, 2.24) is 14.9 Å². The average molecular weight is 375 g/mol. The molecule has 2 N–H and O–H groups in total. The number of carbonyl (C=O) groups excluding carboxylic acids is 1. The minimum atomic E-state index is -0.105. The van der Waals surface area contributed by atoms with Crippen molar-refractivity contribution in [3.8, 4) is 11.1 Å². The fraction of sp³-hybridized carbons (Fsp3) is 0.391. The van der Waals surface area contributed by atoms with E-state index in [1.165, 1.54) is 25.7 Å². The maximum Gasteiger partial charge on any atom is 0.253 e. The van der Waals surface area contributed by atoms with Crippen molar-refractivity contribution in [2.45, 2.75) is 32.3 Å². The molecular formula is C23H25N3O2. The van der Waals surface area contributed by atoms with Crippen LogP contribution in [0.25, 0.3) is 22.2 Å². The monoisotopic (exact) mass is 375 g/mol. The van der Waals surface area contributed by atoms with E-state index in [2.05, 4.69) is 14.9 Å². The molecule has 5 nitrogen and oxygen atoms in total. The second kappa shape index (κ2) is 7.06. The van der Waals surface area contributed by atoms with E-state index in [4.69, 9.17) is 0 Å². The van der Waals surface area contributed by atoms with Crippen LogP contribution in [0.4, 0.5) is 0 Å². The molecule has 28 heavy (non-hydrogen) atoms. The number of aliphatic hydroxyl groups is 1. The number of fused-ring (bicyclic) bond motifs is 3. The van der Waals surface area contributed by atoms with Gasteiger partial charge in [-0.05, 0) is 66.5 Å². The number of nitrogens with one attached hydrogen (secondary N) is 1. The molecule has 2 fully saturated rings. The topological polar surface area (TPSA) is 69.2 Å². The van der Waals surface area contributed by atoms with Gasteiger partial charge >= 0.3 is 0 Å². The molecule has 1 saturated carbocycles. The smallest absolute Gasteiger partial charge is 0.253 e. The number of rotatable bonds is 3. The Morgan fingerprint density at radius 2 is 1.89 bits per heavy atom. The molecule has 2 heterocycles. The molecule has 3 aromatic rings. The van der Waals surface area contributed by atoms with Gasteiger partial charge in [-0.2, -0.15) is 0 Å². The number of likely N-dealkylation sites (tertiary alicyclic amines) is 1. The van der Waals surface area contributed by atoms with Gasteiger partial charge in [0, 0.05) is 18.7 Å². The van der Waals surface area contributed by atoms with E-state index in [0.717, 1.165) is 40.8 Å². The maximum absolute atomic E-state index is 13.2. The van der Waals surface area contributed by atoms with Crippen LogP contribution in [0.3, 0.4) is 0 Å². The number of hydrogen-bond acceptors (Lipinski definition) is 3. The third kappa shape index (κ3) is 3.20. The predicted molar refractivity (Wildman–Crippen MR) is 109 cm³/mol. The third-order valence-electron chi connectivity index (χ3n) is 6.26. The Kier molecular flexibility index (Phi) is 4.40. The van der Waals surface area contributed by atoms with E-state index in [0.29, 0.717) is 17.7 Å². The molecule has 1 amide bonds. The largest absolute Gasteiger partial charge is 0.388 e. The molecule has 0 unspecified atom stereocenters. The number of nitrogens with zero attached hydrogens (tertiary/aromatic N) is 2. The van der Waals surface area contributed by atoms with Crippen LogP contribution in [0.5, 0.6) is 0 Å². The zero-order valence-electron chi connectivity index (χ0n) is 15.9. The summed E-state index contributed by atoms with van der Waals surface area (Å²) in [4.78, 5) is 22.7. The first-order valence-corrected chi connectivity index (χ1v) is 10.2. The minimum absolute atomic E-state index is 0.105. The summed E-state index contributed by atoms with van der Waals surface area (Å²) in [7, 11) is 0. The quantitative estimate of drug-likeness (QED) is 0.727. The average Bonchev–Trinajstić information content (AvgIpc) is 3.15. The Morgan fingerprint density at radius 1 is 1.11 bits per heavy atom. The number of imidazole rings is 1. The van der Waals surface area contributed by atoms with Crippen LogP contribution >= 0.6 is 0 Å². The van der Waals surface area contributed by atoms with Gasteiger partial charge in [0.1, 0.15) is 12.4 Å². The van der Waals surface area contributed by atoms with E-state index < -0.39 is 0 Å². The van der Waals surface area contributed by atoms with E-state index in [9.17, 15) is 9.90 Å². The van der Waals surface area contributed by atoms with Gasteiger partial charge in [0.05, 0.1) is 11.0 Å². The predicted octanol–water partition coefficient (Wildman–Crippen LogP) is 3.98. The van der Waals surface area contributed by atoms with E-state index >= 15 is 0 Å². The number of hydrogen-bond donors (Lipinski definition) is 2. The van der Waals surface area contributed by atoms with Crippen molar-refractivity contribution < 1.29 is 9.90 Å². The van der Waals surface area contributed by atoms with Crippen LogP contribution in [0.1, 0.15) is 41.9 Å². The van der Waals surface area contributed by atoms with Gasteiger partial charge in [0.25, 0.3) is 5.91 Å². The van der Waals surface area contributed by atoms with Gasteiger partial charge in [-0.1, -0.05) is 24.6 Å². The minimum Gasteiger partial charge on any atom is -0.388 e. The summed E-state index contributed by atoms with van der Waals surface area (Å²) < 4.78 is 0. The molecule has 2 atom stereocenters. The molecule has 2 aliphatic rings. The molecule has 5 heteroatoms. The summed E-state index contributed by atoms with van der Waals surface area (Å²) in [5.74, 6) is 2.08. The molecule has 2 bridgehead atoms. The van der Waals surface area contributed by atoms with Gasteiger partial charge in [-0.25, -0.2) is 4.98 Å². The Labute approximate surface area is 164 Å². The van der Waals surface area contributed by atoms with E-state index in [1.54, 1.807) is 0 Å². The lowest BCUT2D eigenvalue weighted by Crippen LogP contribution is -2.45. The van der Waals surface area contributed by atoms with Gasteiger partial charge in [0.2, 0.25) is 0 Å². The van der Waals surface area contributed by atoms with E-state index in [-0.39, 0.29) is 12.5 Å². The first kappa shape index (κ1) is 17.4. The standard InChI is InChI=1S/C23H25N3O2/c27-14-22-24-20-8-7-18(11-21(20)25-22)17-5-2-6-19(10-17)23(28)26-12-15-3-1-4-16(9-15)13-26/h2,5-8,10-11,15-16,27H,1,3-4,9,12-14H2,(H,24,25)/t15-,16+. The van der Waals surface area contributed by atoms with Crippen molar-refractivity contribution in [2.75, 3.05) is 13.1 Å². The number of aromatic amines is 1. The van der Waals surface area contributed by atoms with Crippen LogP contribution in [0.15, 0.2) is 42.5 Å². The number of amides is 1. The van der Waals surface area contributed by atoms with Crippen LogP contribution < -0.4 is 0 Å². The third-order valence-corrected chi connectivity index (χ3v) is 6.26. The molecule has 5 rings (SSSR count). The van der Waals surface area contributed by atoms with Crippen LogP contribution in [-0.4, -0.2) is 39.0 Å². The molecule has 1 saturated heterocycles. The Bertz CT molecular complexity index is 1010. The van der Waals surface area contributed by atoms with Crippen LogP contribution in [0.2, 0.25) is 0 Å². The van der Waals surface area contributed by atoms with Crippen molar-refractivity contribution in [3.05, 3.63) is 53.9 Å². The van der Waals surface area contributed by atoms with Crippen molar-refractivity contribution in [2.24, 2.45) is 11.8 Å². The number of carbonyl (C=O) groups is 1. The van der Waals surface area contributed by atoms with Crippen LogP contribution in [0, 0.1) is 11.8 Å². The van der Waals surface area contributed by atoms with Crippen molar-refractivity contribution in [3.63, 3.8) is 0 Å². The molecule has 1 aliphatic carbocycles. The SMILES string of the molecule is O=C(c1cccc(-c2ccc3nc(CO)[nH]c3c2)c1)N1C[C@@H]2CCC[C@@H](C2)C1. The number of benzene rings is 2. The normalized spacial score (nSPS) is 21.8. The Hall–Kier alpha value is -2.66. The maximum atomic E-state index is 13.2. The molecule has 2 aromatic carbocycles. The highest BCUT2D eigenvalue weighted by Crippen LogP contribution is 2.35. The van der Waals surface area contributed by atoms with Gasteiger partial charge < -0.3 is 15.0 Å². The number of aromatic nitrogens is 2. The number of piperidine rings is 1. The second-order valence-corrected chi connectivity index (χ2v) is 8.26. The molecule has 1 aliphatic heterocycles. The number of H-pyrrole nitrogens is 1. The lowest BCUT2D eigenvalue weighted by Gasteiger charge is -2.41. The van der Waals surface area contributed by atoms with Crippen molar-refractivity contribution in [1.29, 1.82) is 0 Å². The lowest BCUT2D eigenvalue weighted by molar-refractivity contribution is 0.0504. The summed E-state index contributed by atoms with van der Waals surface area (Å²) in [6.07, 6.45) is 5.14. The van der Waals surface area contributed by atoms with Crippen molar-refractivity contribution >= 4 is 16.9 Å². The fourth-order valence-corrected chi connectivity index (χ4v) is 4.93. The molecule has 144 valence electrons. The Balaban J connectivity index is 1.42. The van der Waals surface area contributed by atoms with Gasteiger partial charge in [-0.15, -0.1) is 0 Å². The molecule has 0 radical (unpaired) electrons. The summed E-state index contributed by atoms with van der Waals surface area (Å²) in [6, 6.07) is 13.9. The summed E-state index contributed by atoms with van der Waals surface area (Å²) in [6.45, 7) is 1.71.